The largest absolute Gasteiger partial charge is 0.508 e. The van der Waals surface area contributed by atoms with Crippen LogP contribution in [0.4, 0.5) is 10.7 Å². The molecule has 0 saturated carbocycles. The maximum atomic E-state index is 11.1. The maximum absolute atomic E-state index is 11.1. The second-order valence-corrected chi connectivity index (χ2v) is 6.68. The Labute approximate surface area is 158 Å². The van der Waals surface area contributed by atoms with Crippen LogP contribution < -0.4 is 15.1 Å². The number of phenolic OH excluding ortho intramolecular Hbond substituents is 1. The van der Waals surface area contributed by atoms with E-state index >= 15 is 0 Å². The normalized spacial score (nSPS) is 11.2. The average molecular weight is 389 g/mol. The van der Waals surface area contributed by atoms with Crippen LogP contribution in [0.3, 0.4) is 0 Å². The van der Waals surface area contributed by atoms with Crippen molar-refractivity contribution in [3.05, 3.63) is 60.2 Å². The fraction of sp³-hybridized carbons (Fsp3) is 0.0556. The summed E-state index contributed by atoms with van der Waals surface area (Å²) >= 11 is 1.13. The Bertz CT molecular complexity index is 968. The number of thiophene rings is 1. The molecule has 8 nitrogen and oxygen atoms in total. The number of aromatic carboxylic acids is 1. The van der Waals surface area contributed by atoms with E-state index in [0.717, 1.165) is 21.8 Å². The molecule has 2 aromatic carbocycles. The number of phenols is 1. The predicted molar refractivity (Wildman–Crippen MR) is 100 cm³/mol. The molecule has 3 rings (SSSR count). The lowest BCUT2D eigenvalue weighted by Gasteiger charge is -2.21. The van der Waals surface area contributed by atoms with Crippen molar-refractivity contribution < 1.29 is 30.2 Å². The fourth-order valence-corrected chi connectivity index (χ4v) is 3.34. The summed E-state index contributed by atoms with van der Waals surface area (Å²) in [5.74, 6) is -0.829. The molecule has 0 aliphatic carbocycles. The standard InChI is InChI=1S/C18H16N2O6S/c1-26-15-10-12(18(22)23)4-7-14(15)19-20(24,25)17-9-8-16(27-17)11-2-5-13(21)6-3-11/h2-10,19,24-25H,1H3,(H-,21,22,23)/p+1. The number of anilines is 1. The first-order valence-corrected chi connectivity index (χ1v) is 8.56. The minimum absolute atomic E-state index is 0.0112. The fourth-order valence-electron chi connectivity index (χ4n) is 2.42. The van der Waals surface area contributed by atoms with Gasteiger partial charge in [-0.25, -0.2) is 4.79 Å². The van der Waals surface area contributed by atoms with E-state index in [2.05, 4.69) is 5.43 Å². The lowest BCUT2D eigenvalue weighted by molar-refractivity contribution is -0.270. The number of rotatable bonds is 6. The number of quaternary nitrogens is 1. The summed E-state index contributed by atoms with van der Waals surface area (Å²) < 4.78 is 5.13. The Morgan fingerprint density at radius 2 is 1.78 bits per heavy atom. The van der Waals surface area contributed by atoms with Gasteiger partial charge in [-0.3, -0.25) is 0 Å². The molecule has 0 spiro atoms. The van der Waals surface area contributed by atoms with Gasteiger partial charge < -0.3 is 14.9 Å². The molecule has 0 bridgehead atoms. The number of hydrogen-bond donors (Lipinski definition) is 5. The van der Waals surface area contributed by atoms with Crippen LogP contribution in [0.1, 0.15) is 10.4 Å². The van der Waals surface area contributed by atoms with E-state index in [4.69, 9.17) is 9.84 Å². The van der Waals surface area contributed by atoms with Crippen molar-refractivity contribution in [3.8, 4) is 21.9 Å². The third kappa shape index (κ3) is 4.01. The van der Waals surface area contributed by atoms with E-state index in [1.807, 2.05) is 0 Å². The molecule has 3 aromatic rings. The minimum atomic E-state index is -1.65. The van der Waals surface area contributed by atoms with Crippen molar-refractivity contribution in [3.63, 3.8) is 0 Å². The third-order valence-corrected chi connectivity index (χ3v) is 4.97. The zero-order valence-electron chi connectivity index (χ0n) is 14.2. The number of benzene rings is 2. The van der Waals surface area contributed by atoms with Gasteiger partial charge in [-0.1, -0.05) is 11.3 Å². The number of carbonyl (C=O) groups is 1. The number of nitrogens with zero attached hydrogens (tertiary/aromatic N) is 1. The van der Waals surface area contributed by atoms with Gasteiger partial charge in [0.25, 0.3) is 5.00 Å². The lowest BCUT2D eigenvalue weighted by Crippen LogP contribution is -2.47. The van der Waals surface area contributed by atoms with Gasteiger partial charge in [0.05, 0.1) is 17.6 Å². The van der Waals surface area contributed by atoms with Crippen molar-refractivity contribution in [2.75, 3.05) is 12.5 Å². The first-order chi connectivity index (χ1) is 12.8. The van der Waals surface area contributed by atoms with E-state index in [9.17, 15) is 20.3 Å². The van der Waals surface area contributed by atoms with Crippen LogP contribution in [0.2, 0.25) is 0 Å². The predicted octanol–water partition coefficient (Wildman–Crippen LogP) is 3.94. The van der Waals surface area contributed by atoms with Gasteiger partial charge in [-0.15, -0.1) is 10.4 Å². The number of methoxy groups -OCH3 is 1. The second kappa shape index (κ2) is 7.25. The number of aromatic hydroxyl groups is 1. The molecule has 0 atom stereocenters. The van der Waals surface area contributed by atoms with Gasteiger partial charge in [0.2, 0.25) is 0 Å². The van der Waals surface area contributed by atoms with Crippen molar-refractivity contribution in [1.82, 2.24) is 4.92 Å². The summed E-state index contributed by atoms with van der Waals surface area (Å²) in [4.78, 5) is 10.2. The number of nitrogens with one attached hydrogen (secondary N) is 1. The molecular weight excluding hydrogens is 372 g/mol. The van der Waals surface area contributed by atoms with Crippen molar-refractivity contribution >= 4 is 28.0 Å². The second-order valence-electron chi connectivity index (χ2n) is 5.62. The Kier molecular flexibility index (Phi) is 5.02. The van der Waals surface area contributed by atoms with E-state index in [-0.39, 0.29) is 27.8 Å². The van der Waals surface area contributed by atoms with Crippen LogP contribution in [0, 0.1) is 0 Å². The van der Waals surface area contributed by atoms with Crippen LogP contribution in [-0.4, -0.2) is 33.7 Å². The summed E-state index contributed by atoms with van der Waals surface area (Å²) in [5, 5.41) is 39.4. The SMILES string of the molecule is COc1cc(C(=O)O)ccc1N[N+](O)(O)c1ccc(-c2ccc(O)cc2)s1. The average Bonchev–Trinajstić information content (AvgIpc) is 3.13. The first kappa shape index (κ1) is 18.7. The highest BCUT2D eigenvalue weighted by atomic mass is 32.1. The molecule has 1 heterocycles. The molecule has 140 valence electrons. The number of carboxylic acid groups (broad SMARTS) is 1. The Balaban J connectivity index is 1.87. The molecule has 0 aliphatic heterocycles. The van der Waals surface area contributed by atoms with Gasteiger partial charge in [0, 0.05) is 10.9 Å². The quantitative estimate of drug-likeness (QED) is 0.320. The van der Waals surface area contributed by atoms with Crippen LogP contribution in [0.5, 0.6) is 11.5 Å². The van der Waals surface area contributed by atoms with Gasteiger partial charge >= 0.3 is 5.97 Å². The highest BCUT2D eigenvalue weighted by molar-refractivity contribution is 7.19. The van der Waals surface area contributed by atoms with Gasteiger partial charge in [-0.05, 0) is 54.1 Å². The van der Waals surface area contributed by atoms with Gasteiger partial charge in [-0.2, -0.15) is 5.43 Å². The minimum Gasteiger partial charge on any atom is -0.508 e. The van der Waals surface area contributed by atoms with Gasteiger partial charge in [0.1, 0.15) is 17.2 Å². The number of carboxylic acids is 1. The maximum Gasteiger partial charge on any atom is 0.335 e. The number of hydrogen-bond acceptors (Lipinski definition) is 7. The summed E-state index contributed by atoms with van der Waals surface area (Å²) in [6.45, 7) is 0. The topological polar surface area (TPSA) is 119 Å². The van der Waals surface area contributed by atoms with Gasteiger partial charge in [0.15, 0.2) is 0 Å². The van der Waals surface area contributed by atoms with Crippen molar-refractivity contribution in [1.29, 1.82) is 0 Å². The number of ether oxygens (including phenoxy) is 1. The molecule has 1 aromatic heterocycles. The summed E-state index contributed by atoms with van der Waals surface area (Å²) in [5.41, 5.74) is 3.52. The van der Waals surface area contributed by atoms with E-state index in [1.165, 1.54) is 31.4 Å². The molecule has 0 unspecified atom stereocenters. The highest BCUT2D eigenvalue weighted by Crippen LogP contribution is 2.37. The van der Waals surface area contributed by atoms with E-state index < -0.39 is 10.9 Å². The molecule has 5 N–H and O–H groups in total. The summed E-state index contributed by atoms with van der Waals surface area (Å²) in [7, 11) is 1.35. The molecule has 0 amide bonds. The monoisotopic (exact) mass is 389 g/mol. The zero-order valence-corrected chi connectivity index (χ0v) is 15.0. The third-order valence-electron chi connectivity index (χ3n) is 3.78. The van der Waals surface area contributed by atoms with E-state index in [1.54, 1.807) is 30.3 Å². The van der Waals surface area contributed by atoms with Crippen LogP contribution in [0.25, 0.3) is 10.4 Å². The summed E-state index contributed by atoms with van der Waals surface area (Å²) in [6.07, 6.45) is 0. The zero-order chi connectivity index (χ0) is 19.6. The lowest BCUT2D eigenvalue weighted by atomic mass is 10.2. The molecular formula is C18H17N2O6S+. The van der Waals surface area contributed by atoms with Crippen molar-refractivity contribution in [2.24, 2.45) is 0 Å². The van der Waals surface area contributed by atoms with Crippen molar-refractivity contribution in [2.45, 2.75) is 0 Å². The summed E-state index contributed by atoms with van der Waals surface area (Å²) in [6, 6.07) is 13.8. The molecule has 0 fully saturated rings. The Morgan fingerprint density at radius 3 is 2.41 bits per heavy atom. The molecule has 0 aliphatic rings. The Morgan fingerprint density at radius 1 is 1.07 bits per heavy atom. The van der Waals surface area contributed by atoms with Crippen LogP contribution in [-0.2, 0) is 0 Å². The first-order valence-electron chi connectivity index (χ1n) is 7.74. The smallest absolute Gasteiger partial charge is 0.335 e. The van der Waals surface area contributed by atoms with E-state index in [0.29, 0.717) is 0 Å². The molecule has 0 radical (unpaired) electrons. The molecule has 9 heteroatoms. The van der Waals surface area contributed by atoms with Crippen LogP contribution in [0.15, 0.2) is 54.6 Å². The molecule has 27 heavy (non-hydrogen) atoms. The Hall–Kier alpha value is -3.11. The highest BCUT2D eigenvalue weighted by Gasteiger charge is 2.31. The van der Waals surface area contributed by atoms with Crippen LogP contribution >= 0.6 is 11.3 Å². The molecule has 0 saturated heterocycles.